The Hall–Kier alpha value is -4.00. The Balaban J connectivity index is 1.32. The average molecular weight is 485 g/mol. The first kappa shape index (κ1) is 22.5. The largest absolute Gasteiger partial charge is 0.497 e. The summed E-state index contributed by atoms with van der Waals surface area (Å²) in [7, 11) is 1.66. The molecule has 0 unspecified atom stereocenters. The van der Waals surface area contributed by atoms with E-state index >= 15 is 0 Å². The molecule has 5 aromatic rings. The summed E-state index contributed by atoms with van der Waals surface area (Å²) in [6.07, 6.45) is 4.43. The number of methoxy groups -OCH3 is 1. The number of aromatic nitrogens is 1. The molecule has 6 rings (SSSR count). The third-order valence-electron chi connectivity index (χ3n) is 7.62. The molecule has 1 aliphatic carbocycles. The van der Waals surface area contributed by atoms with E-state index in [4.69, 9.17) is 13.6 Å². The van der Waals surface area contributed by atoms with Crippen LogP contribution in [0.5, 0.6) is 5.75 Å². The van der Waals surface area contributed by atoms with Gasteiger partial charge in [-0.2, -0.15) is 0 Å². The molecule has 1 amide bonds. The van der Waals surface area contributed by atoms with Crippen molar-refractivity contribution in [1.29, 1.82) is 0 Å². The molecule has 0 spiro atoms. The van der Waals surface area contributed by atoms with Crippen LogP contribution in [0.4, 0.5) is 0 Å². The lowest BCUT2D eigenvalue weighted by Crippen LogP contribution is -2.33. The maximum Gasteiger partial charge on any atom is 0.340 e. The Morgan fingerprint density at radius 1 is 1.11 bits per heavy atom. The molecule has 3 heterocycles. The molecule has 7 nitrogen and oxygen atoms in total. The molecule has 1 aliphatic rings. The van der Waals surface area contributed by atoms with Gasteiger partial charge in [-0.15, -0.1) is 0 Å². The number of amides is 1. The molecule has 36 heavy (non-hydrogen) atoms. The van der Waals surface area contributed by atoms with E-state index in [1.807, 2.05) is 45.0 Å². The lowest BCUT2D eigenvalue weighted by Gasteiger charge is -2.24. The molecule has 184 valence electrons. The lowest BCUT2D eigenvalue weighted by atomic mass is 9.91. The summed E-state index contributed by atoms with van der Waals surface area (Å²) in [5, 5.41) is 6.11. The van der Waals surface area contributed by atoms with Crippen LogP contribution in [0, 0.1) is 20.8 Å². The topological polar surface area (TPSA) is 97.5 Å². The number of furan rings is 1. The van der Waals surface area contributed by atoms with Gasteiger partial charge in [0.2, 0.25) is 5.91 Å². The summed E-state index contributed by atoms with van der Waals surface area (Å²) >= 11 is 0. The van der Waals surface area contributed by atoms with Crippen molar-refractivity contribution in [2.24, 2.45) is 0 Å². The number of aromatic amines is 1. The maximum atomic E-state index is 13.2. The Kier molecular flexibility index (Phi) is 5.18. The summed E-state index contributed by atoms with van der Waals surface area (Å²) in [5.74, 6) is 0.614. The maximum absolute atomic E-state index is 13.2. The summed E-state index contributed by atoms with van der Waals surface area (Å²) in [4.78, 5) is 29.7. The van der Waals surface area contributed by atoms with Crippen LogP contribution in [0.3, 0.4) is 0 Å². The van der Waals surface area contributed by atoms with Crippen LogP contribution < -0.4 is 15.7 Å². The summed E-state index contributed by atoms with van der Waals surface area (Å²) < 4.78 is 16.8. The molecule has 0 bridgehead atoms. The second-order valence-electron chi connectivity index (χ2n) is 9.78. The molecule has 1 atom stereocenters. The molecule has 0 saturated heterocycles. The van der Waals surface area contributed by atoms with Crippen molar-refractivity contribution in [2.45, 2.75) is 52.5 Å². The number of ether oxygens (including phenoxy) is 1. The molecule has 3 aromatic heterocycles. The van der Waals surface area contributed by atoms with Crippen LogP contribution in [-0.4, -0.2) is 18.0 Å². The number of fused-ring (bicyclic) bond motifs is 5. The fourth-order valence-electron chi connectivity index (χ4n) is 5.64. The van der Waals surface area contributed by atoms with Crippen LogP contribution in [-0.2, 0) is 17.6 Å². The van der Waals surface area contributed by atoms with E-state index in [1.165, 1.54) is 5.56 Å². The number of hydrogen-bond donors (Lipinski definition) is 2. The number of nitrogens with one attached hydrogen (secondary N) is 2. The van der Waals surface area contributed by atoms with Gasteiger partial charge in [-0.1, -0.05) is 0 Å². The molecule has 7 heteroatoms. The summed E-state index contributed by atoms with van der Waals surface area (Å²) in [5.41, 5.74) is 6.99. The van der Waals surface area contributed by atoms with Gasteiger partial charge in [-0.25, -0.2) is 4.79 Å². The number of benzene rings is 2. The van der Waals surface area contributed by atoms with Crippen molar-refractivity contribution < 1.29 is 18.4 Å². The van der Waals surface area contributed by atoms with Gasteiger partial charge in [0.15, 0.2) is 0 Å². The Labute approximate surface area is 207 Å². The molecule has 2 aromatic carbocycles. The van der Waals surface area contributed by atoms with E-state index in [0.717, 1.165) is 74.7 Å². The van der Waals surface area contributed by atoms with E-state index in [2.05, 4.69) is 10.3 Å². The van der Waals surface area contributed by atoms with Crippen LogP contribution in [0.2, 0.25) is 0 Å². The number of H-pyrrole nitrogens is 1. The Bertz CT molecular complexity index is 1740. The summed E-state index contributed by atoms with van der Waals surface area (Å²) in [6.45, 7) is 5.75. The first-order valence-electron chi connectivity index (χ1n) is 12.3. The fraction of sp³-hybridized carbons (Fsp3) is 0.310. The van der Waals surface area contributed by atoms with Gasteiger partial charge in [-0.3, -0.25) is 4.79 Å². The van der Waals surface area contributed by atoms with E-state index in [-0.39, 0.29) is 18.4 Å². The smallest absolute Gasteiger partial charge is 0.340 e. The molecule has 2 N–H and O–H groups in total. The zero-order chi connectivity index (χ0) is 25.1. The van der Waals surface area contributed by atoms with Crippen LogP contribution in [0.1, 0.15) is 52.4 Å². The number of carbonyl (C=O) groups excluding carboxylic acids is 1. The van der Waals surface area contributed by atoms with Crippen molar-refractivity contribution in [2.75, 3.05) is 7.11 Å². The lowest BCUT2D eigenvalue weighted by molar-refractivity contribution is -0.121. The Morgan fingerprint density at radius 2 is 1.94 bits per heavy atom. The average Bonchev–Trinajstić information content (AvgIpc) is 3.43. The van der Waals surface area contributed by atoms with Gasteiger partial charge in [0.1, 0.15) is 16.9 Å². The van der Waals surface area contributed by atoms with Gasteiger partial charge >= 0.3 is 5.63 Å². The van der Waals surface area contributed by atoms with Crippen LogP contribution in [0.25, 0.3) is 32.8 Å². The minimum atomic E-state index is -0.483. The monoisotopic (exact) mass is 484 g/mol. The minimum Gasteiger partial charge on any atom is -0.497 e. The minimum absolute atomic E-state index is 0.0363. The zero-order valence-corrected chi connectivity index (χ0v) is 20.8. The van der Waals surface area contributed by atoms with Crippen molar-refractivity contribution in [3.63, 3.8) is 0 Å². The van der Waals surface area contributed by atoms with Crippen LogP contribution in [0.15, 0.2) is 44.2 Å². The predicted octanol–water partition coefficient (Wildman–Crippen LogP) is 5.69. The molecular weight excluding hydrogens is 456 g/mol. The van der Waals surface area contributed by atoms with Gasteiger partial charge in [0.25, 0.3) is 0 Å². The Morgan fingerprint density at radius 3 is 2.75 bits per heavy atom. The van der Waals surface area contributed by atoms with Gasteiger partial charge in [0.05, 0.1) is 31.4 Å². The first-order valence-corrected chi connectivity index (χ1v) is 12.3. The normalized spacial score (nSPS) is 15.5. The van der Waals surface area contributed by atoms with E-state index in [1.54, 1.807) is 13.4 Å². The van der Waals surface area contributed by atoms with Gasteiger partial charge in [0, 0.05) is 32.9 Å². The second kappa shape index (κ2) is 8.29. The van der Waals surface area contributed by atoms with Crippen molar-refractivity contribution in [3.05, 3.63) is 74.5 Å². The van der Waals surface area contributed by atoms with Gasteiger partial charge < -0.3 is 23.9 Å². The molecule has 0 aliphatic heterocycles. The highest BCUT2D eigenvalue weighted by Gasteiger charge is 2.27. The van der Waals surface area contributed by atoms with Crippen molar-refractivity contribution in [3.8, 4) is 5.75 Å². The van der Waals surface area contributed by atoms with Crippen LogP contribution >= 0.6 is 0 Å². The third-order valence-corrected chi connectivity index (χ3v) is 7.62. The van der Waals surface area contributed by atoms with E-state index < -0.39 is 5.63 Å². The highest BCUT2D eigenvalue weighted by atomic mass is 16.5. The quantitative estimate of drug-likeness (QED) is 0.319. The third kappa shape index (κ3) is 3.41. The van der Waals surface area contributed by atoms with Crippen molar-refractivity contribution in [1.82, 2.24) is 10.3 Å². The van der Waals surface area contributed by atoms with E-state index in [0.29, 0.717) is 11.1 Å². The highest BCUT2D eigenvalue weighted by molar-refractivity contribution is 6.00. The number of rotatable bonds is 4. The molecule has 0 radical (unpaired) electrons. The highest BCUT2D eigenvalue weighted by Crippen LogP contribution is 2.36. The van der Waals surface area contributed by atoms with E-state index in [9.17, 15) is 9.59 Å². The first-order chi connectivity index (χ1) is 17.4. The summed E-state index contributed by atoms with van der Waals surface area (Å²) in [6, 6.07) is 7.83. The standard InChI is InChI=1S/C29H28N2O5/c1-14-13-35-27-16(3)28-20(11-19(14)27)15(2)21(29(33)36-28)12-25(32)30-24-7-5-6-18-22-10-17(34-4)8-9-23(22)31-26(18)24/h8-11,13,24,31H,5-7,12H2,1-4H3,(H,30,32)/t24-/m1/s1. The SMILES string of the molecule is COc1ccc2[nH]c3c(c2c1)CCC[C@H]3NC(=O)Cc1c(C)c2cc3c(C)coc3c(C)c2oc1=O. The van der Waals surface area contributed by atoms with Gasteiger partial charge in [-0.05, 0) is 81.0 Å². The zero-order valence-electron chi connectivity index (χ0n) is 20.8. The van der Waals surface area contributed by atoms with Crippen molar-refractivity contribution >= 4 is 38.7 Å². The number of carbonyl (C=O) groups is 1. The predicted molar refractivity (Wildman–Crippen MR) is 139 cm³/mol. The second-order valence-corrected chi connectivity index (χ2v) is 9.78. The molecule has 0 saturated carbocycles. The fourth-order valence-corrected chi connectivity index (χ4v) is 5.64. The number of aryl methyl sites for hydroxylation is 4. The molecular formula is C29H28N2O5. The number of hydrogen-bond acceptors (Lipinski definition) is 5. The molecule has 0 fully saturated rings.